The molecular weight excluding hydrogens is 340 g/mol. The van der Waals surface area contributed by atoms with Gasteiger partial charge >= 0.3 is 0 Å². The Bertz CT molecular complexity index is 485. The molecule has 1 heterocycles. The lowest BCUT2D eigenvalue weighted by Gasteiger charge is -2.39. The molecule has 1 aromatic rings. The molecule has 0 aliphatic carbocycles. The van der Waals surface area contributed by atoms with Crippen LogP contribution in [-0.2, 0) is 0 Å². The summed E-state index contributed by atoms with van der Waals surface area (Å²) in [6, 6.07) is 5.45. The molecule has 0 saturated carbocycles. The topological polar surface area (TPSA) is 46.3 Å². The van der Waals surface area contributed by atoms with Crippen molar-refractivity contribution in [2.45, 2.75) is 33.1 Å². The number of rotatable bonds is 2. The van der Waals surface area contributed by atoms with Crippen molar-refractivity contribution in [2.24, 2.45) is 5.41 Å². The summed E-state index contributed by atoms with van der Waals surface area (Å²) in [6.45, 7) is 6.20. The van der Waals surface area contributed by atoms with Gasteiger partial charge in [0.05, 0.1) is 5.56 Å². The Morgan fingerprint density at radius 1 is 1.40 bits per heavy atom. The Morgan fingerprint density at radius 3 is 2.50 bits per heavy atom. The zero-order chi connectivity index (χ0) is 14.0. The molecule has 0 radical (unpaired) electrons. The molecule has 3 nitrogen and oxygen atoms in total. The number of benzene rings is 1. The van der Waals surface area contributed by atoms with E-state index in [9.17, 15) is 4.79 Å². The van der Waals surface area contributed by atoms with Crippen LogP contribution in [0, 0.1) is 5.41 Å². The van der Waals surface area contributed by atoms with E-state index < -0.39 is 0 Å². The van der Waals surface area contributed by atoms with Gasteiger partial charge in [0.2, 0.25) is 0 Å². The zero-order valence-electron chi connectivity index (χ0n) is 12.0. The SMILES string of the molecule is CCC1(C)CCN(C(=O)c2ccc(Br)cc2N)CC1.Cl. The number of nitrogens with two attached hydrogens (primary N) is 1. The molecule has 1 saturated heterocycles. The Kier molecular flexibility index (Phi) is 5.90. The van der Waals surface area contributed by atoms with E-state index in [-0.39, 0.29) is 18.3 Å². The van der Waals surface area contributed by atoms with E-state index in [0.717, 1.165) is 30.4 Å². The first-order valence-corrected chi connectivity index (χ1v) is 7.59. The van der Waals surface area contributed by atoms with Crippen molar-refractivity contribution in [3.05, 3.63) is 28.2 Å². The molecule has 1 aromatic carbocycles. The smallest absolute Gasteiger partial charge is 0.255 e. The number of nitrogens with zero attached hydrogens (tertiary/aromatic N) is 1. The van der Waals surface area contributed by atoms with Gasteiger partial charge in [-0.2, -0.15) is 0 Å². The monoisotopic (exact) mass is 360 g/mol. The van der Waals surface area contributed by atoms with Crippen LogP contribution in [0.15, 0.2) is 22.7 Å². The van der Waals surface area contributed by atoms with Crippen LogP contribution in [0.5, 0.6) is 0 Å². The first-order chi connectivity index (χ1) is 8.95. The second kappa shape index (κ2) is 6.81. The minimum Gasteiger partial charge on any atom is -0.398 e. The van der Waals surface area contributed by atoms with Crippen molar-refractivity contribution < 1.29 is 4.79 Å². The van der Waals surface area contributed by atoms with E-state index in [4.69, 9.17) is 5.73 Å². The highest BCUT2D eigenvalue weighted by atomic mass is 79.9. The summed E-state index contributed by atoms with van der Waals surface area (Å²) in [5.74, 6) is 0.0585. The van der Waals surface area contributed by atoms with Crippen molar-refractivity contribution in [1.29, 1.82) is 0 Å². The number of hydrogen-bond donors (Lipinski definition) is 1. The molecule has 0 atom stereocenters. The maximum absolute atomic E-state index is 12.5. The fourth-order valence-electron chi connectivity index (χ4n) is 2.50. The lowest BCUT2D eigenvalue weighted by Crippen LogP contribution is -2.42. The highest BCUT2D eigenvalue weighted by molar-refractivity contribution is 9.10. The lowest BCUT2D eigenvalue weighted by atomic mass is 9.78. The quantitative estimate of drug-likeness (QED) is 0.806. The van der Waals surface area contributed by atoms with Crippen molar-refractivity contribution in [1.82, 2.24) is 4.90 Å². The van der Waals surface area contributed by atoms with Gasteiger partial charge in [0, 0.05) is 23.2 Å². The zero-order valence-corrected chi connectivity index (χ0v) is 14.4. The van der Waals surface area contributed by atoms with Crippen LogP contribution in [0.4, 0.5) is 5.69 Å². The fourth-order valence-corrected chi connectivity index (χ4v) is 2.88. The third kappa shape index (κ3) is 3.67. The van der Waals surface area contributed by atoms with Crippen molar-refractivity contribution in [3.8, 4) is 0 Å². The summed E-state index contributed by atoms with van der Waals surface area (Å²) in [5.41, 5.74) is 7.48. The molecular formula is C15H22BrClN2O. The van der Waals surface area contributed by atoms with Gasteiger partial charge in [-0.3, -0.25) is 4.79 Å². The van der Waals surface area contributed by atoms with Crippen LogP contribution in [-0.4, -0.2) is 23.9 Å². The number of halogens is 2. The van der Waals surface area contributed by atoms with E-state index in [1.807, 2.05) is 11.0 Å². The second-order valence-corrected chi connectivity index (χ2v) is 6.60. The lowest BCUT2D eigenvalue weighted by molar-refractivity contribution is 0.0601. The number of piperidine rings is 1. The molecule has 0 spiro atoms. The Labute approximate surface area is 135 Å². The van der Waals surface area contributed by atoms with Crippen LogP contribution in [0.1, 0.15) is 43.5 Å². The van der Waals surface area contributed by atoms with E-state index in [0.29, 0.717) is 16.7 Å². The van der Waals surface area contributed by atoms with Gasteiger partial charge in [-0.1, -0.05) is 36.2 Å². The molecule has 1 fully saturated rings. The average molecular weight is 362 g/mol. The summed E-state index contributed by atoms with van der Waals surface area (Å²) in [6.07, 6.45) is 3.33. The minimum atomic E-state index is 0. The molecule has 112 valence electrons. The summed E-state index contributed by atoms with van der Waals surface area (Å²) < 4.78 is 0.902. The standard InChI is InChI=1S/C15H21BrN2O.ClH/c1-3-15(2)6-8-18(9-7-15)14(19)12-5-4-11(16)10-13(12)17;/h4-5,10H,3,6-9,17H2,1-2H3;1H. The Balaban J connectivity index is 0.00000200. The molecule has 1 aliphatic rings. The molecule has 0 unspecified atom stereocenters. The van der Waals surface area contributed by atoms with Gasteiger partial charge in [0.15, 0.2) is 0 Å². The number of likely N-dealkylation sites (tertiary alicyclic amines) is 1. The summed E-state index contributed by atoms with van der Waals surface area (Å²) in [7, 11) is 0. The Morgan fingerprint density at radius 2 is 2.00 bits per heavy atom. The van der Waals surface area contributed by atoms with Crippen molar-refractivity contribution in [3.63, 3.8) is 0 Å². The summed E-state index contributed by atoms with van der Waals surface area (Å²) in [5, 5.41) is 0. The number of carbonyl (C=O) groups is 1. The van der Waals surface area contributed by atoms with Gasteiger partial charge < -0.3 is 10.6 Å². The normalized spacial score (nSPS) is 17.4. The number of amides is 1. The number of anilines is 1. The highest BCUT2D eigenvalue weighted by Crippen LogP contribution is 2.34. The van der Waals surface area contributed by atoms with Crippen LogP contribution in [0.3, 0.4) is 0 Å². The second-order valence-electron chi connectivity index (χ2n) is 5.69. The molecule has 5 heteroatoms. The fraction of sp³-hybridized carbons (Fsp3) is 0.533. The average Bonchev–Trinajstić information content (AvgIpc) is 2.39. The minimum absolute atomic E-state index is 0. The predicted octanol–water partition coefficient (Wildman–Crippen LogP) is 4.11. The molecule has 0 aromatic heterocycles. The van der Waals surface area contributed by atoms with Crippen LogP contribution >= 0.6 is 28.3 Å². The first kappa shape index (κ1) is 17.3. The van der Waals surface area contributed by atoms with Gasteiger partial charge in [-0.15, -0.1) is 12.4 Å². The largest absolute Gasteiger partial charge is 0.398 e. The molecule has 1 amide bonds. The van der Waals surface area contributed by atoms with Crippen LogP contribution < -0.4 is 5.73 Å². The van der Waals surface area contributed by atoms with Gasteiger partial charge in [0.1, 0.15) is 0 Å². The van der Waals surface area contributed by atoms with Crippen molar-refractivity contribution in [2.75, 3.05) is 18.8 Å². The van der Waals surface area contributed by atoms with E-state index in [2.05, 4.69) is 29.8 Å². The summed E-state index contributed by atoms with van der Waals surface area (Å²) >= 11 is 3.36. The maximum atomic E-state index is 12.5. The number of nitrogen functional groups attached to an aromatic ring is 1. The Hall–Kier alpha value is -0.740. The van der Waals surface area contributed by atoms with Crippen LogP contribution in [0.2, 0.25) is 0 Å². The molecule has 20 heavy (non-hydrogen) atoms. The maximum Gasteiger partial charge on any atom is 0.255 e. The molecule has 1 aliphatic heterocycles. The number of carbonyl (C=O) groups excluding carboxylic acids is 1. The van der Waals surface area contributed by atoms with E-state index in [1.165, 1.54) is 6.42 Å². The molecule has 2 N–H and O–H groups in total. The third-order valence-electron chi connectivity index (χ3n) is 4.36. The number of hydrogen-bond acceptors (Lipinski definition) is 2. The summed E-state index contributed by atoms with van der Waals surface area (Å²) in [4.78, 5) is 14.4. The first-order valence-electron chi connectivity index (χ1n) is 6.79. The predicted molar refractivity (Wildman–Crippen MR) is 89.3 cm³/mol. The van der Waals surface area contributed by atoms with E-state index >= 15 is 0 Å². The van der Waals surface area contributed by atoms with Crippen LogP contribution in [0.25, 0.3) is 0 Å². The highest BCUT2D eigenvalue weighted by Gasteiger charge is 2.31. The van der Waals surface area contributed by atoms with E-state index in [1.54, 1.807) is 12.1 Å². The van der Waals surface area contributed by atoms with Gasteiger partial charge in [-0.25, -0.2) is 0 Å². The molecule has 0 bridgehead atoms. The molecule has 2 rings (SSSR count). The third-order valence-corrected chi connectivity index (χ3v) is 4.85. The van der Waals surface area contributed by atoms with Crippen molar-refractivity contribution >= 4 is 39.9 Å². The van der Waals surface area contributed by atoms with Gasteiger partial charge in [-0.05, 0) is 36.5 Å². The van der Waals surface area contributed by atoms with Gasteiger partial charge in [0.25, 0.3) is 5.91 Å².